The van der Waals surface area contributed by atoms with E-state index in [1.807, 2.05) is 6.92 Å². The van der Waals surface area contributed by atoms with E-state index in [4.69, 9.17) is 0 Å². The zero-order chi connectivity index (χ0) is 15.7. The number of aromatic nitrogens is 2. The van der Waals surface area contributed by atoms with E-state index in [9.17, 15) is 4.79 Å². The smallest absolute Gasteiger partial charge is 0.230 e. The van der Waals surface area contributed by atoms with Crippen LogP contribution in [-0.4, -0.2) is 34.4 Å². The standard InChI is InChI=1S/C14H24N4OS2/c1-5-8-15-13-17-18-14(21-13)20-9-12(19)16-11(4)7-6-10(2)3/h5,10-11H,1,6-9H2,2-4H3,(H,15,17)(H,16,19)/t11-/m0/s1. The van der Waals surface area contributed by atoms with Crippen LogP contribution in [0, 0.1) is 5.92 Å². The molecule has 1 amide bonds. The normalized spacial score (nSPS) is 12.2. The van der Waals surface area contributed by atoms with Crippen LogP contribution in [0.2, 0.25) is 0 Å². The van der Waals surface area contributed by atoms with E-state index < -0.39 is 0 Å². The van der Waals surface area contributed by atoms with Gasteiger partial charge in [-0.2, -0.15) is 0 Å². The Balaban J connectivity index is 2.25. The molecule has 0 saturated carbocycles. The number of anilines is 1. The van der Waals surface area contributed by atoms with Crippen molar-refractivity contribution in [2.24, 2.45) is 5.92 Å². The molecule has 5 nitrogen and oxygen atoms in total. The molecule has 1 aromatic heterocycles. The van der Waals surface area contributed by atoms with Crippen molar-refractivity contribution in [3.8, 4) is 0 Å². The third-order valence-electron chi connectivity index (χ3n) is 2.72. The maximum Gasteiger partial charge on any atom is 0.230 e. The van der Waals surface area contributed by atoms with E-state index in [-0.39, 0.29) is 11.9 Å². The van der Waals surface area contributed by atoms with Crippen LogP contribution >= 0.6 is 23.1 Å². The van der Waals surface area contributed by atoms with Gasteiger partial charge in [0, 0.05) is 12.6 Å². The molecule has 0 saturated heterocycles. The number of carbonyl (C=O) groups is 1. The molecule has 7 heteroatoms. The number of hydrogen-bond acceptors (Lipinski definition) is 6. The first-order valence-corrected chi connectivity index (χ1v) is 8.92. The number of amides is 1. The fraction of sp³-hybridized carbons (Fsp3) is 0.643. The summed E-state index contributed by atoms with van der Waals surface area (Å²) in [5.41, 5.74) is 0. The third kappa shape index (κ3) is 8.06. The third-order valence-corrected chi connectivity index (χ3v) is 4.73. The SMILES string of the molecule is C=CCNc1nnc(SCC(=O)N[C@@H](C)CCC(C)C)s1. The summed E-state index contributed by atoms with van der Waals surface area (Å²) < 4.78 is 0.798. The van der Waals surface area contributed by atoms with E-state index in [0.717, 1.165) is 22.3 Å². The van der Waals surface area contributed by atoms with Gasteiger partial charge in [-0.3, -0.25) is 4.79 Å². The highest BCUT2D eigenvalue weighted by Gasteiger charge is 2.10. The average Bonchev–Trinajstić information content (AvgIpc) is 2.88. The molecule has 118 valence electrons. The molecule has 0 fully saturated rings. The Labute approximate surface area is 135 Å². The first-order valence-electron chi connectivity index (χ1n) is 7.11. The predicted octanol–water partition coefficient (Wildman–Crippen LogP) is 3.17. The van der Waals surface area contributed by atoms with Crippen LogP contribution in [0.1, 0.15) is 33.6 Å². The second kappa shape index (κ2) is 9.78. The van der Waals surface area contributed by atoms with Crippen LogP contribution in [0.3, 0.4) is 0 Å². The lowest BCUT2D eigenvalue weighted by Gasteiger charge is -2.14. The van der Waals surface area contributed by atoms with Crippen LogP contribution < -0.4 is 10.6 Å². The number of rotatable bonds is 10. The molecule has 1 atom stereocenters. The van der Waals surface area contributed by atoms with Crippen LogP contribution in [0.15, 0.2) is 17.0 Å². The van der Waals surface area contributed by atoms with Gasteiger partial charge >= 0.3 is 0 Å². The van der Waals surface area contributed by atoms with Gasteiger partial charge in [0.15, 0.2) is 4.34 Å². The molecule has 0 aliphatic carbocycles. The molecule has 0 bridgehead atoms. The summed E-state index contributed by atoms with van der Waals surface area (Å²) in [5.74, 6) is 1.09. The Bertz CT molecular complexity index is 448. The van der Waals surface area contributed by atoms with Crippen LogP contribution in [0.5, 0.6) is 0 Å². The number of hydrogen-bond donors (Lipinski definition) is 2. The van der Waals surface area contributed by atoms with Crippen LogP contribution in [0.4, 0.5) is 5.13 Å². The number of nitrogens with one attached hydrogen (secondary N) is 2. The number of thioether (sulfide) groups is 1. The maximum absolute atomic E-state index is 11.8. The molecule has 0 radical (unpaired) electrons. The van der Waals surface area contributed by atoms with E-state index >= 15 is 0 Å². The van der Waals surface area contributed by atoms with Crippen molar-refractivity contribution in [2.75, 3.05) is 17.6 Å². The second-order valence-electron chi connectivity index (χ2n) is 5.27. The molecule has 1 aromatic rings. The van der Waals surface area contributed by atoms with Gasteiger partial charge in [0.25, 0.3) is 0 Å². The molecule has 0 spiro atoms. The summed E-state index contributed by atoms with van der Waals surface area (Å²) in [7, 11) is 0. The maximum atomic E-state index is 11.8. The fourth-order valence-electron chi connectivity index (χ4n) is 1.60. The Kier molecular flexibility index (Phi) is 8.37. The van der Waals surface area contributed by atoms with Crippen molar-refractivity contribution < 1.29 is 4.79 Å². The van der Waals surface area contributed by atoms with E-state index in [0.29, 0.717) is 18.2 Å². The van der Waals surface area contributed by atoms with Gasteiger partial charge in [-0.1, -0.05) is 43.0 Å². The van der Waals surface area contributed by atoms with Gasteiger partial charge in [-0.25, -0.2) is 0 Å². The lowest BCUT2D eigenvalue weighted by atomic mass is 10.0. The fourth-order valence-corrected chi connectivity index (χ4v) is 3.17. The van der Waals surface area contributed by atoms with Gasteiger partial charge in [0.1, 0.15) is 0 Å². The first kappa shape index (κ1) is 18.0. The highest BCUT2D eigenvalue weighted by molar-refractivity contribution is 8.01. The molecule has 0 aromatic carbocycles. The monoisotopic (exact) mass is 328 g/mol. The Morgan fingerprint density at radius 2 is 2.14 bits per heavy atom. The lowest BCUT2D eigenvalue weighted by Crippen LogP contribution is -2.33. The zero-order valence-corrected chi connectivity index (χ0v) is 14.5. The molecular formula is C14H24N4OS2. The largest absolute Gasteiger partial charge is 0.357 e. The van der Waals surface area contributed by atoms with E-state index in [1.165, 1.54) is 23.1 Å². The molecule has 0 aliphatic heterocycles. The van der Waals surface area contributed by atoms with Gasteiger partial charge in [-0.05, 0) is 25.7 Å². The minimum Gasteiger partial charge on any atom is -0.357 e. The quantitative estimate of drug-likeness (QED) is 0.510. The van der Waals surface area contributed by atoms with E-state index in [1.54, 1.807) is 6.08 Å². The van der Waals surface area contributed by atoms with Crippen molar-refractivity contribution in [2.45, 2.75) is 44.0 Å². The minimum atomic E-state index is 0.0482. The number of carbonyl (C=O) groups excluding carboxylic acids is 1. The predicted molar refractivity (Wildman–Crippen MR) is 91.0 cm³/mol. The van der Waals surface area contributed by atoms with Crippen LogP contribution in [0.25, 0.3) is 0 Å². The van der Waals surface area contributed by atoms with Crippen molar-refractivity contribution in [1.29, 1.82) is 0 Å². The van der Waals surface area contributed by atoms with Gasteiger partial charge < -0.3 is 10.6 Å². The summed E-state index contributed by atoms with van der Waals surface area (Å²) in [6.45, 7) is 10.7. The molecule has 0 unspecified atom stereocenters. The summed E-state index contributed by atoms with van der Waals surface area (Å²) >= 11 is 2.87. The Hall–Kier alpha value is -1.08. The summed E-state index contributed by atoms with van der Waals surface area (Å²) in [6.07, 6.45) is 3.91. The van der Waals surface area contributed by atoms with Gasteiger partial charge in [0.2, 0.25) is 11.0 Å². The average molecular weight is 329 g/mol. The molecule has 1 rings (SSSR count). The Morgan fingerprint density at radius 1 is 1.38 bits per heavy atom. The molecular weight excluding hydrogens is 304 g/mol. The summed E-state index contributed by atoms with van der Waals surface area (Å²) in [4.78, 5) is 11.8. The summed E-state index contributed by atoms with van der Waals surface area (Å²) in [6, 6.07) is 0.222. The zero-order valence-electron chi connectivity index (χ0n) is 12.9. The topological polar surface area (TPSA) is 66.9 Å². The Morgan fingerprint density at radius 3 is 2.81 bits per heavy atom. The van der Waals surface area contributed by atoms with E-state index in [2.05, 4.69) is 41.3 Å². The molecule has 21 heavy (non-hydrogen) atoms. The van der Waals surface area contributed by atoms with Crippen molar-refractivity contribution in [3.05, 3.63) is 12.7 Å². The van der Waals surface area contributed by atoms with Crippen molar-refractivity contribution >= 4 is 34.1 Å². The van der Waals surface area contributed by atoms with Crippen LogP contribution in [-0.2, 0) is 4.79 Å². The second-order valence-corrected chi connectivity index (χ2v) is 7.47. The molecule has 2 N–H and O–H groups in total. The highest BCUT2D eigenvalue weighted by atomic mass is 32.2. The van der Waals surface area contributed by atoms with Gasteiger partial charge in [0.05, 0.1) is 5.75 Å². The first-order chi connectivity index (χ1) is 10.0. The number of nitrogens with zero attached hydrogens (tertiary/aromatic N) is 2. The highest BCUT2D eigenvalue weighted by Crippen LogP contribution is 2.25. The van der Waals surface area contributed by atoms with Gasteiger partial charge in [-0.15, -0.1) is 16.8 Å². The van der Waals surface area contributed by atoms with Crippen molar-refractivity contribution in [3.63, 3.8) is 0 Å². The van der Waals surface area contributed by atoms with Crippen molar-refractivity contribution in [1.82, 2.24) is 15.5 Å². The minimum absolute atomic E-state index is 0.0482. The molecule has 1 heterocycles. The lowest BCUT2D eigenvalue weighted by molar-refractivity contribution is -0.119. The molecule has 0 aliphatic rings. The summed E-state index contributed by atoms with van der Waals surface area (Å²) in [5, 5.41) is 14.9.